The maximum absolute atomic E-state index is 5.83. The van der Waals surface area contributed by atoms with Crippen molar-refractivity contribution in [3.05, 3.63) is 11.1 Å². The fraction of sp³-hybridized carbons (Fsp3) is 0.750. The molecule has 1 heterocycles. The second-order valence-electron chi connectivity index (χ2n) is 4.68. The predicted molar refractivity (Wildman–Crippen MR) is 73.6 cm³/mol. The Bertz CT molecular complexity index is 325. The molecule has 0 radical (unpaired) electrons. The Morgan fingerprint density at radius 3 is 2.65 bits per heavy atom. The van der Waals surface area contributed by atoms with Crippen LogP contribution in [0.3, 0.4) is 0 Å². The van der Waals surface area contributed by atoms with Gasteiger partial charge in [0.05, 0.1) is 12.3 Å². The van der Waals surface area contributed by atoms with Gasteiger partial charge in [-0.3, -0.25) is 0 Å². The van der Waals surface area contributed by atoms with Crippen molar-refractivity contribution in [2.24, 2.45) is 11.7 Å². The predicted octanol–water partition coefficient (Wildman–Crippen LogP) is 2.27. The quantitative estimate of drug-likeness (QED) is 0.814. The number of nitrogens with zero attached hydrogens (tertiary/aromatic N) is 2. The van der Waals surface area contributed by atoms with Crippen LogP contribution in [0.4, 0.5) is 5.13 Å². The van der Waals surface area contributed by atoms with Gasteiger partial charge in [0.15, 0.2) is 5.13 Å². The van der Waals surface area contributed by atoms with E-state index in [4.69, 9.17) is 10.5 Å². The summed E-state index contributed by atoms with van der Waals surface area (Å²) in [6.45, 7) is 8.97. The lowest BCUT2D eigenvalue weighted by atomic mass is 10.2. The highest BCUT2D eigenvalue weighted by Crippen LogP contribution is 2.23. The molecule has 2 N–H and O–H groups in total. The number of ether oxygens (including phenoxy) is 1. The van der Waals surface area contributed by atoms with E-state index in [9.17, 15) is 0 Å². The van der Waals surface area contributed by atoms with Gasteiger partial charge < -0.3 is 15.4 Å². The van der Waals surface area contributed by atoms with Gasteiger partial charge in [0, 0.05) is 31.6 Å². The summed E-state index contributed by atoms with van der Waals surface area (Å²) < 4.78 is 5.14. The average molecular weight is 257 g/mol. The van der Waals surface area contributed by atoms with E-state index in [0.29, 0.717) is 5.92 Å². The van der Waals surface area contributed by atoms with Gasteiger partial charge in [-0.15, -0.1) is 11.3 Å². The van der Waals surface area contributed by atoms with Gasteiger partial charge >= 0.3 is 0 Å². The molecular formula is C12H23N3OS. The van der Waals surface area contributed by atoms with Crippen molar-refractivity contribution in [3.8, 4) is 0 Å². The Hall–Kier alpha value is -0.650. The molecule has 0 bridgehead atoms. The topological polar surface area (TPSA) is 51.4 Å². The Morgan fingerprint density at radius 1 is 1.47 bits per heavy atom. The molecule has 1 atom stereocenters. The van der Waals surface area contributed by atoms with E-state index in [0.717, 1.165) is 30.5 Å². The molecule has 17 heavy (non-hydrogen) atoms. The van der Waals surface area contributed by atoms with Crippen LogP contribution in [-0.2, 0) is 4.74 Å². The minimum absolute atomic E-state index is 0.00308. The van der Waals surface area contributed by atoms with Gasteiger partial charge in [0.1, 0.15) is 0 Å². The van der Waals surface area contributed by atoms with Crippen LogP contribution in [0.1, 0.15) is 32.5 Å². The number of aromatic nitrogens is 1. The molecule has 1 aromatic rings. The fourth-order valence-electron chi connectivity index (χ4n) is 1.54. The number of thiazole rings is 1. The average Bonchev–Trinajstić information content (AvgIpc) is 2.72. The molecule has 4 nitrogen and oxygen atoms in total. The van der Waals surface area contributed by atoms with Crippen molar-refractivity contribution >= 4 is 16.5 Å². The van der Waals surface area contributed by atoms with Crippen molar-refractivity contribution < 1.29 is 4.74 Å². The van der Waals surface area contributed by atoms with Crippen LogP contribution >= 0.6 is 11.3 Å². The lowest BCUT2D eigenvalue weighted by Gasteiger charge is -2.23. The van der Waals surface area contributed by atoms with Crippen molar-refractivity contribution in [2.75, 3.05) is 31.7 Å². The second-order valence-corrected chi connectivity index (χ2v) is 5.51. The lowest BCUT2D eigenvalue weighted by Crippen LogP contribution is -2.30. The minimum Gasteiger partial charge on any atom is -0.383 e. The van der Waals surface area contributed by atoms with E-state index >= 15 is 0 Å². The molecule has 0 aliphatic rings. The normalized spacial score (nSPS) is 13.1. The molecule has 1 rings (SSSR count). The van der Waals surface area contributed by atoms with E-state index in [1.54, 1.807) is 18.4 Å². The summed E-state index contributed by atoms with van der Waals surface area (Å²) in [6, 6.07) is 0.00308. The summed E-state index contributed by atoms with van der Waals surface area (Å²) in [6.07, 6.45) is 0. The van der Waals surface area contributed by atoms with Gasteiger partial charge in [0.2, 0.25) is 0 Å². The van der Waals surface area contributed by atoms with Crippen molar-refractivity contribution in [2.45, 2.75) is 26.8 Å². The monoisotopic (exact) mass is 257 g/mol. The SMILES string of the molecule is COCCN(CC(C)C)c1nc(C(C)N)cs1. The molecular weight excluding hydrogens is 234 g/mol. The number of hydrogen-bond donors (Lipinski definition) is 1. The zero-order valence-corrected chi connectivity index (χ0v) is 12.0. The van der Waals surface area contributed by atoms with E-state index in [2.05, 4.69) is 23.7 Å². The fourth-order valence-corrected chi connectivity index (χ4v) is 2.50. The summed E-state index contributed by atoms with van der Waals surface area (Å²) in [5.41, 5.74) is 6.80. The summed E-state index contributed by atoms with van der Waals surface area (Å²) in [5.74, 6) is 0.606. The largest absolute Gasteiger partial charge is 0.383 e. The summed E-state index contributed by atoms with van der Waals surface area (Å²) >= 11 is 1.66. The molecule has 1 unspecified atom stereocenters. The van der Waals surface area contributed by atoms with Crippen LogP contribution < -0.4 is 10.6 Å². The van der Waals surface area contributed by atoms with Gasteiger partial charge in [-0.05, 0) is 12.8 Å². The van der Waals surface area contributed by atoms with Crippen LogP contribution in [0, 0.1) is 5.92 Å². The van der Waals surface area contributed by atoms with E-state index in [1.807, 2.05) is 12.3 Å². The zero-order chi connectivity index (χ0) is 12.8. The van der Waals surface area contributed by atoms with Crippen LogP contribution in [0.2, 0.25) is 0 Å². The highest BCUT2D eigenvalue weighted by atomic mass is 32.1. The molecule has 5 heteroatoms. The zero-order valence-electron chi connectivity index (χ0n) is 11.1. The minimum atomic E-state index is 0.00308. The second kappa shape index (κ2) is 6.93. The third kappa shape index (κ3) is 4.61. The van der Waals surface area contributed by atoms with Crippen LogP contribution in [0.25, 0.3) is 0 Å². The van der Waals surface area contributed by atoms with E-state index in [-0.39, 0.29) is 6.04 Å². The van der Waals surface area contributed by atoms with Gasteiger partial charge in [-0.1, -0.05) is 13.8 Å². The molecule has 0 fully saturated rings. The first-order chi connectivity index (χ1) is 8.04. The molecule has 0 aromatic carbocycles. The van der Waals surface area contributed by atoms with Gasteiger partial charge in [0.25, 0.3) is 0 Å². The smallest absolute Gasteiger partial charge is 0.185 e. The maximum atomic E-state index is 5.83. The first-order valence-electron chi connectivity index (χ1n) is 5.99. The molecule has 0 amide bonds. The first-order valence-corrected chi connectivity index (χ1v) is 6.87. The molecule has 1 aromatic heterocycles. The van der Waals surface area contributed by atoms with Crippen molar-refractivity contribution in [1.29, 1.82) is 0 Å². The number of anilines is 1. The van der Waals surface area contributed by atoms with Gasteiger partial charge in [-0.2, -0.15) is 0 Å². The molecule has 0 aliphatic carbocycles. The third-order valence-electron chi connectivity index (χ3n) is 2.40. The highest BCUT2D eigenvalue weighted by molar-refractivity contribution is 7.13. The Morgan fingerprint density at radius 2 is 2.18 bits per heavy atom. The summed E-state index contributed by atoms with van der Waals surface area (Å²) in [5, 5.41) is 3.09. The van der Waals surface area contributed by atoms with Gasteiger partial charge in [-0.25, -0.2) is 4.98 Å². The van der Waals surface area contributed by atoms with Crippen molar-refractivity contribution in [1.82, 2.24) is 4.98 Å². The number of rotatable bonds is 7. The summed E-state index contributed by atoms with van der Waals surface area (Å²) in [7, 11) is 1.72. The third-order valence-corrected chi connectivity index (χ3v) is 3.32. The standard InChI is InChI=1S/C12H23N3OS/c1-9(2)7-15(5-6-16-4)12-14-11(8-17-12)10(3)13/h8-10H,5-7,13H2,1-4H3. The van der Waals surface area contributed by atoms with Crippen LogP contribution in [0.15, 0.2) is 5.38 Å². The molecule has 0 aliphatic heterocycles. The number of hydrogen-bond acceptors (Lipinski definition) is 5. The number of methoxy groups -OCH3 is 1. The highest BCUT2D eigenvalue weighted by Gasteiger charge is 2.13. The Kier molecular flexibility index (Phi) is 5.88. The first kappa shape index (κ1) is 14.4. The molecule has 0 saturated carbocycles. The van der Waals surface area contributed by atoms with Crippen LogP contribution in [0.5, 0.6) is 0 Å². The van der Waals surface area contributed by atoms with Crippen LogP contribution in [-0.4, -0.2) is 31.8 Å². The van der Waals surface area contributed by atoms with E-state index in [1.165, 1.54) is 0 Å². The maximum Gasteiger partial charge on any atom is 0.185 e. The lowest BCUT2D eigenvalue weighted by molar-refractivity contribution is 0.204. The summed E-state index contributed by atoms with van der Waals surface area (Å²) in [4.78, 5) is 6.85. The Balaban J connectivity index is 2.72. The van der Waals surface area contributed by atoms with Crippen molar-refractivity contribution in [3.63, 3.8) is 0 Å². The molecule has 98 valence electrons. The Labute approximate surface area is 108 Å². The molecule has 0 spiro atoms. The molecule has 0 saturated heterocycles. The number of nitrogens with two attached hydrogens (primary N) is 1. The van der Waals surface area contributed by atoms with E-state index < -0.39 is 0 Å².